The summed E-state index contributed by atoms with van der Waals surface area (Å²) in [6, 6.07) is 0. The highest BCUT2D eigenvalue weighted by Crippen LogP contribution is 2.28. The third-order valence-corrected chi connectivity index (χ3v) is 2.87. The third kappa shape index (κ3) is 1.44. The highest BCUT2D eigenvalue weighted by molar-refractivity contribution is 5.82. The molecule has 0 aromatic carbocycles. The topological polar surface area (TPSA) is 20.3 Å². The Labute approximate surface area is 73.2 Å². The molecule has 0 spiro atoms. The number of rotatable bonds is 0. The highest BCUT2D eigenvalue weighted by Gasteiger charge is 2.22. The van der Waals surface area contributed by atoms with Gasteiger partial charge in [0.25, 0.3) is 0 Å². The first-order chi connectivity index (χ1) is 5.75. The molecule has 1 aliphatic carbocycles. The first kappa shape index (κ1) is 7.99. The van der Waals surface area contributed by atoms with Crippen molar-refractivity contribution in [2.24, 2.45) is 0 Å². The summed E-state index contributed by atoms with van der Waals surface area (Å²) in [5.74, 6) is 0.443. The number of ketones is 1. The van der Waals surface area contributed by atoms with Gasteiger partial charge < -0.3 is 4.90 Å². The molecule has 0 amide bonds. The van der Waals surface area contributed by atoms with Crippen molar-refractivity contribution < 1.29 is 4.79 Å². The molecule has 12 heavy (non-hydrogen) atoms. The van der Waals surface area contributed by atoms with E-state index in [2.05, 4.69) is 11.9 Å². The van der Waals surface area contributed by atoms with Crippen LogP contribution in [0.15, 0.2) is 11.1 Å². The molecule has 0 N–H and O–H groups in total. The SMILES string of the molecule is CN1CCC2=C(CCC(=O)C2)C1. The fourth-order valence-corrected chi connectivity index (χ4v) is 2.11. The fourth-order valence-electron chi connectivity index (χ4n) is 2.11. The Bertz CT molecular complexity index is 242. The molecule has 1 heterocycles. The van der Waals surface area contributed by atoms with Gasteiger partial charge in [0.15, 0.2) is 0 Å². The van der Waals surface area contributed by atoms with Gasteiger partial charge in [0.05, 0.1) is 0 Å². The number of likely N-dealkylation sites (N-methyl/N-ethyl adjacent to an activating group) is 1. The predicted molar refractivity (Wildman–Crippen MR) is 48.0 cm³/mol. The van der Waals surface area contributed by atoms with E-state index in [9.17, 15) is 4.79 Å². The summed E-state index contributed by atoms with van der Waals surface area (Å²) in [5.41, 5.74) is 2.99. The van der Waals surface area contributed by atoms with Gasteiger partial charge in [-0.25, -0.2) is 0 Å². The van der Waals surface area contributed by atoms with Gasteiger partial charge in [-0.1, -0.05) is 11.1 Å². The summed E-state index contributed by atoms with van der Waals surface area (Å²) in [4.78, 5) is 13.5. The minimum atomic E-state index is 0.443. The van der Waals surface area contributed by atoms with Gasteiger partial charge in [0, 0.05) is 25.9 Å². The van der Waals surface area contributed by atoms with Crippen molar-refractivity contribution >= 4 is 5.78 Å². The van der Waals surface area contributed by atoms with Crippen LogP contribution in [0.3, 0.4) is 0 Å². The Morgan fingerprint density at radius 3 is 2.83 bits per heavy atom. The summed E-state index contributed by atoms with van der Waals surface area (Å²) in [6.07, 6.45) is 3.69. The standard InChI is InChI=1S/C10H15NO/c1-11-5-4-8-6-10(12)3-2-9(8)7-11/h2-7H2,1H3. The lowest BCUT2D eigenvalue weighted by molar-refractivity contribution is -0.118. The van der Waals surface area contributed by atoms with E-state index in [4.69, 9.17) is 0 Å². The maximum Gasteiger partial charge on any atom is 0.137 e. The molecule has 66 valence electrons. The predicted octanol–water partition coefficient (Wildman–Crippen LogP) is 1.37. The normalized spacial score (nSPS) is 25.9. The zero-order valence-corrected chi connectivity index (χ0v) is 7.60. The van der Waals surface area contributed by atoms with Gasteiger partial charge in [-0.3, -0.25) is 4.79 Å². The van der Waals surface area contributed by atoms with Gasteiger partial charge in [-0.05, 0) is 19.9 Å². The lowest BCUT2D eigenvalue weighted by atomic mass is 9.86. The van der Waals surface area contributed by atoms with Gasteiger partial charge >= 0.3 is 0 Å². The van der Waals surface area contributed by atoms with Crippen molar-refractivity contribution in [2.45, 2.75) is 25.7 Å². The molecule has 0 saturated carbocycles. The monoisotopic (exact) mass is 165 g/mol. The molecule has 0 aromatic rings. The zero-order valence-electron chi connectivity index (χ0n) is 7.60. The van der Waals surface area contributed by atoms with E-state index >= 15 is 0 Å². The number of hydrogen-bond donors (Lipinski definition) is 0. The average Bonchev–Trinajstić information content (AvgIpc) is 2.05. The van der Waals surface area contributed by atoms with Crippen LogP contribution in [0.4, 0.5) is 0 Å². The number of nitrogens with zero attached hydrogens (tertiary/aromatic N) is 1. The van der Waals surface area contributed by atoms with E-state index in [0.29, 0.717) is 5.78 Å². The molecule has 0 radical (unpaired) electrons. The Morgan fingerprint density at radius 1 is 1.17 bits per heavy atom. The Balaban J connectivity index is 2.16. The largest absolute Gasteiger partial charge is 0.302 e. The van der Waals surface area contributed by atoms with Crippen LogP contribution in [0, 0.1) is 0 Å². The van der Waals surface area contributed by atoms with Crippen LogP contribution < -0.4 is 0 Å². The lowest BCUT2D eigenvalue weighted by Crippen LogP contribution is -2.30. The van der Waals surface area contributed by atoms with Crippen LogP contribution in [-0.4, -0.2) is 30.8 Å². The smallest absolute Gasteiger partial charge is 0.137 e. The van der Waals surface area contributed by atoms with E-state index < -0.39 is 0 Å². The minimum absolute atomic E-state index is 0.443. The first-order valence-corrected chi connectivity index (χ1v) is 4.66. The lowest BCUT2D eigenvalue weighted by Gasteiger charge is -2.30. The Kier molecular flexibility index (Phi) is 2.01. The minimum Gasteiger partial charge on any atom is -0.302 e. The van der Waals surface area contributed by atoms with Gasteiger partial charge in [0.1, 0.15) is 5.78 Å². The zero-order chi connectivity index (χ0) is 8.55. The first-order valence-electron chi connectivity index (χ1n) is 4.66. The number of Topliss-reactive ketones (excluding diaryl/α,β-unsaturated/α-hetero) is 1. The average molecular weight is 165 g/mol. The Hall–Kier alpha value is -0.630. The molecule has 0 atom stereocenters. The quantitative estimate of drug-likeness (QED) is 0.505. The summed E-state index contributed by atoms with van der Waals surface area (Å²) in [6.45, 7) is 2.23. The van der Waals surface area contributed by atoms with Gasteiger partial charge in [-0.15, -0.1) is 0 Å². The van der Waals surface area contributed by atoms with Crippen molar-refractivity contribution in [1.82, 2.24) is 4.90 Å². The maximum absolute atomic E-state index is 11.2. The number of carbonyl (C=O) groups excluding carboxylic acids is 1. The molecule has 0 fully saturated rings. The molecule has 0 saturated heterocycles. The molecule has 2 aliphatic rings. The van der Waals surface area contributed by atoms with Gasteiger partial charge in [0.2, 0.25) is 0 Å². The molecular formula is C10H15NO. The summed E-state index contributed by atoms with van der Waals surface area (Å²) >= 11 is 0. The second kappa shape index (κ2) is 3.02. The van der Waals surface area contributed by atoms with Crippen LogP contribution >= 0.6 is 0 Å². The molecule has 2 nitrogen and oxygen atoms in total. The van der Waals surface area contributed by atoms with E-state index in [1.165, 1.54) is 5.57 Å². The fraction of sp³-hybridized carbons (Fsp3) is 0.700. The molecule has 0 aromatic heterocycles. The van der Waals surface area contributed by atoms with E-state index in [1.807, 2.05) is 0 Å². The van der Waals surface area contributed by atoms with Crippen LogP contribution in [0.5, 0.6) is 0 Å². The highest BCUT2D eigenvalue weighted by atomic mass is 16.1. The van der Waals surface area contributed by atoms with E-state index in [-0.39, 0.29) is 0 Å². The maximum atomic E-state index is 11.2. The van der Waals surface area contributed by atoms with E-state index in [0.717, 1.165) is 38.8 Å². The third-order valence-electron chi connectivity index (χ3n) is 2.87. The van der Waals surface area contributed by atoms with Crippen molar-refractivity contribution in [3.63, 3.8) is 0 Å². The van der Waals surface area contributed by atoms with Crippen molar-refractivity contribution in [2.75, 3.05) is 20.1 Å². The van der Waals surface area contributed by atoms with Crippen LogP contribution in [-0.2, 0) is 4.79 Å². The molecule has 0 unspecified atom stereocenters. The summed E-state index contributed by atoms with van der Waals surface area (Å²) in [5, 5.41) is 0. The second-order valence-corrected chi connectivity index (χ2v) is 3.91. The molecule has 2 heteroatoms. The summed E-state index contributed by atoms with van der Waals surface area (Å²) < 4.78 is 0. The second-order valence-electron chi connectivity index (χ2n) is 3.91. The summed E-state index contributed by atoms with van der Waals surface area (Å²) in [7, 11) is 2.15. The number of hydrogen-bond acceptors (Lipinski definition) is 2. The Morgan fingerprint density at radius 2 is 2.00 bits per heavy atom. The van der Waals surface area contributed by atoms with Crippen molar-refractivity contribution in [3.05, 3.63) is 11.1 Å². The number of carbonyl (C=O) groups is 1. The van der Waals surface area contributed by atoms with Gasteiger partial charge in [-0.2, -0.15) is 0 Å². The van der Waals surface area contributed by atoms with Crippen molar-refractivity contribution in [3.8, 4) is 0 Å². The molecule has 2 rings (SSSR count). The van der Waals surface area contributed by atoms with Crippen LogP contribution in [0.25, 0.3) is 0 Å². The molecule has 0 bridgehead atoms. The van der Waals surface area contributed by atoms with Crippen molar-refractivity contribution in [1.29, 1.82) is 0 Å². The van der Waals surface area contributed by atoms with E-state index in [1.54, 1.807) is 5.57 Å². The van der Waals surface area contributed by atoms with Crippen LogP contribution in [0.2, 0.25) is 0 Å². The molecular weight excluding hydrogens is 150 g/mol. The van der Waals surface area contributed by atoms with Crippen LogP contribution in [0.1, 0.15) is 25.7 Å². The molecule has 1 aliphatic heterocycles.